The zero-order valence-electron chi connectivity index (χ0n) is 13.0. The van der Waals surface area contributed by atoms with E-state index in [-0.39, 0.29) is 11.3 Å². The lowest BCUT2D eigenvalue weighted by atomic mass is 9.69. The lowest BCUT2D eigenvalue weighted by molar-refractivity contribution is -0.123. The summed E-state index contributed by atoms with van der Waals surface area (Å²) in [5, 5.41) is 3.05. The molecule has 1 aliphatic rings. The number of amides is 1. The van der Waals surface area contributed by atoms with Crippen molar-refractivity contribution in [3.8, 4) is 0 Å². The first-order chi connectivity index (χ1) is 10.1. The number of carbonyl (C=O) groups is 1. The first-order valence-electron chi connectivity index (χ1n) is 7.47. The zero-order chi connectivity index (χ0) is 15.1. The number of rotatable bonds is 8. The van der Waals surface area contributed by atoms with Crippen molar-refractivity contribution in [3.05, 3.63) is 30.1 Å². The second-order valence-electron chi connectivity index (χ2n) is 6.09. The van der Waals surface area contributed by atoms with Gasteiger partial charge in [-0.2, -0.15) is 0 Å². The number of likely N-dealkylation sites (N-methyl/N-ethyl adjacent to an activating group) is 1. The van der Waals surface area contributed by atoms with Crippen molar-refractivity contribution in [1.29, 1.82) is 0 Å². The number of carbonyl (C=O) groups excluding carboxylic acids is 1. The molecule has 1 saturated carbocycles. The molecule has 1 aromatic rings. The Hall–Kier alpha value is -1.46. The molecule has 0 spiro atoms. The van der Waals surface area contributed by atoms with E-state index in [1.807, 2.05) is 24.1 Å². The van der Waals surface area contributed by atoms with Gasteiger partial charge in [0.05, 0.1) is 13.2 Å². The molecule has 5 nitrogen and oxygen atoms in total. The Morgan fingerprint density at radius 2 is 2.14 bits per heavy atom. The molecule has 1 N–H and O–H groups in total. The maximum Gasteiger partial charge on any atom is 0.234 e. The molecule has 1 fully saturated rings. The van der Waals surface area contributed by atoms with Crippen molar-refractivity contribution in [3.63, 3.8) is 0 Å². The van der Waals surface area contributed by atoms with Gasteiger partial charge < -0.3 is 10.1 Å². The fourth-order valence-electron chi connectivity index (χ4n) is 2.80. The Morgan fingerprint density at radius 1 is 1.43 bits per heavy atom. The van der Waals surface area contributed by atoms with Gasteiger partial charge in [0, 0.05) is 38.0 Å². The number of nitrogens with one attached hydrogen (secondary N) is 1. The van der Waals surface area contributed by atoms with Crippen LogP contribution in [0.25, 0.3) is 0 Å². The number of methoxy groups -OCH3 is 1. The largest absolute Gasteiger partial charge is 0.384 e. The summed E-state index contributed by atoms with van der Waals surface area (Å²) in [6.45, 7) is 2.62. The van der Waals surface area contributed by atoms with E-state index in [0.29, 0.717) is 6.54 Å². The Balaban J connectivity index is 1.71. The van der Waals surface area contributed by atoms with Crippen molar-refractivity contribution in [2.24, 2.45) is 5.41 Å². The van der Waals surface area contributed by atoms with E-state index in [2.05, 4.69) is 10.3 Å². The van der Waals surface area contributed by atoms with E-state index < -0.39 is 0 Å². The number of nitrogens with zero attached hydrogens (tertiary/aromatic N) is 2. The van der Waals surface area contributed by atoms with Gasteiger partial charge in [-0.05, 0) is 37.6 Å². The molecule has 2 rings (SSSR count). The number of pyridine rings is 1. The van der Waals surface area contributed by atoms with Crippen molar-refractivity contribution < 1.29 is 9.53 Å². The summed E-state index contributed by atoms with van der Waals surface area (Å²) in [6, 6.07) is 3.94. The zero-order valence-corrected chi connectivity index (χ0v) is 13.0. The van der Waals surface area contributed by atoms with Gasteiger partial charge in [-0.25, -0.2) is 0 Å². The van der Waals surface area contributed by atoms with E-state index in [1.54, 1.807) is 19.5 Å². The molecule has 1 aliphatic carbocycles. The third-order valence-corrected chi connectivity index (χ3v) is 4.14. The summed E-state index contributed by atoms with van der Waals surface area (Å²) in [6.07, 6.45) is 7.08. The summed E-state index contributed by atoms with van der Waals surface area (Å²) in [4.78, 5) is 18.0. The van der Waals surface area contributed by atoms with E-state index >= 15 is 0 Å². The lowest BCUT2D eigenvalue weighted by Crippen LogP contribution is -2.47. The van der Waals surface area contributed by atoms with Gasteiger partial charge in [0.15, 0.2) is 0 Å². The van der Waals surface area contributed by atoms with Crippen LogP contribution in [0.4, 0.5) is 0 Å². The summed E-state index contributed by atoms with van der Waals surface area (Å²) in [5.74, 6) is 0.0777. The monoisotopic (exact) mass is 291 g/mol. The molecule has 0 bridgehead atoms. The Bertz CT molecular complexity index is 446. The molecule has 0 aromatic carbocycles. The Morgan fingerprint density at radius 3 is 2.71 bits per heavy atom. The Labute approximate surface area is 126 Å². The highest BCUT2D eigenvalue weighted by Crippen LogP contribution is 2.40. The first-order valence-corrected chi connectivity index (χ1v) is 7.47. The van der Waals surface area contributed by atoms with Crippen LogP contribution < -0.4 is 5.32 Å². The minimum Gasteiger partial charge on any atom is -0.384 e. The normalized spacial score (nSPS) is 16.5. The average Bonchev–Trinajstić information content (AvgIpc) is 2.42. The maximum atomic E-state index is 12.0. The molecule has 0 atom stereocenters. The van der Waals surface area contributed by atoms with Crippen LogP contribution in [0, 0.1) is 5.41 Å². The van der Waals surface area contributed by atoms with Crippen LogP contribution in [0.3, 0.4) is 0 Å². The predicted octanol–water partition coefficient (Wildman–Crippen LogP) is 1.45. The quantitative estimate of drug-likeness (QED) is 0.787. The summed E-state index contributed by atoms with van der Waals surface area (Å²) in [5.41, 5.74) is 1.34. The predicted molar refractivity (Wildman–Crippen MR) is 81.7 cm³/mol. The van der Waals surface area contributed by atoms with Crippen molar-refractivity contribution >= 4 is 5.91 Å². The summed E-state index contributed by atoms with van der Waals surface area (Å²) in [7, 11) is 3.68. The standard InChI is InChI=1S/C16H25N3O2/c1-19(10-14-4-8-17-9-5-14)11-15(20)18-12-16(13-21-2)6-3-7-16/h4-5,8-9H,3,6-7,10-13H2,1-2H3,(H,18,20). The molecule has 1 heterocycles. The van der Waals surface area contributed by atoms with Gasteiger partial charge in [-0.1, -0.05) is 6.42 Å². The van der Waals surface area contributed by atoms with Gasteiger partial charge in [0.25, 0.3) is 0 Å². The van der Waals surface area contributed by atoms with E-state index in [1.165, 1.54) is 6.42 Å². The maximum absolute atomic E-state index is 12.0. The smallest absolute Gasteiger partial charge is 0.234 e. The topological polar surface area (TPSA) is 54.5 Å². The number of aromatic nitrogens is 1. The SMILES string of the molecule is COCC1(CNC(=O)CN(C)Cc2ccncc2)CCC1. The van der Waals surface area contributed by atoms with Crippen LogP contribution in [0.5, 0.6) is 0 Å². The molecule has 0 unspecified atom stereocenters. The highest BCUT2D eigenvalue weighted by atomic mass is 16.5. The van der Waals surface area contributed by atoms with Crippen LogP contribution in [0.1, 0.15) is 24.8 Å². The summed E-state index contributed by atoms with van der Waals surface area (Å²) >= 11 is 0. The highest BCUT2D eigenvalue weighted by Gasteiger charge is 2.37. The number of hydrogen-bond acceptors (Lipinski definition) is 4. The van der Waals surface area contributed by atoms with Crippen LogP contribution in [0.15, 0.2) is 24.5 Å². The van der Waals surface area contributed by atoms with Gasteiger partial charge in [-0.3, -0.25) is 14.7 Å². The minimum absolute atomic E-state index is 0.0777. The average molecular weight is 291 g/mol. The molecule has 116 valence electrons. The lowest BCUT2D eigenvalue weighted by Gasteiger charge is -2.41. The fraction of sp³-hybridized carbons (Fsp3) is 0.625. The van der Waals surface area contributed by atoms with E-state index in [9.17, 15) is 4.79 Å². The molecule has 1 amide bonds. The van der Waals surface area contributed by atoms with Gasteiger partial charge in [0.1, 0.15) is 0 Å². The molecule has 5 heteroatoms. The van der Waals surface area contributed by atoms with Crippen molar-refractivity contribution in [2.75, 3.05) is 33.9 Å². The number of ether oxygens (including phenoxy) is 1. The van der Waals surface area contributed by atoms with Gasteiger partial charge >= 0.3 is 0 Å². The third kappa shape index (κ3) is 4.79. The molecule has 0 radical (unpaired) electrons. The molecule has 0 saturated heterocycles. The molecule has 21 heavy (non-hydrogen) atoms. The van der Waals surface area contributed by atoms with Gasteiger partial charge in [0.2, 0.25) is 5.91 Å². The van der Waals surface area contributed by atoms with E-state index in [4.69, 9.17) is 4.74 Å². The van der Waals surface area contributed by atoms with Crippen LogP contribution >= 0.6 is 0 Å². The molecule has 0 aliphatic heterocycles. The summed E-state index contributed by atoms with van der Waals surface area (Å²) < 4.78 is 5.27. The number of hydrogen-bond donors (Lipinski definition) is 1. The third-order valence-electron chi connectivity index (χ3n) is 4.14. The Kier molecular flexibility index (Phi) is 5.70. The second-order valence-corrected chi connectivity index (χ2v) is 6.09. The molecular formula is C16H25N3O2. The van der Waals surface area contributed by atoms with E-state index in [0.717, 1.165) is 38.1 Å². The minimum atomic E-state index is 0.0777. The van der Waals surface area contributed by atoms with Crippen molar-refractivity contribution in [1.82, 2.24) is 15.2 Å². The van der Waals surface area contributed by atoms with Crippen LogP contribution in [-0.4, -0.2) is 49.6 Å². The fourth-order valence-corrected chi connectivity index (χ4v) is 2.80. The second kappa shape index (κ2) is 7.52. The first kappa shape index (κ1) is 15.9. The molecule has 1 aromatic heterocycles. The van der Waals surface area contributed by atoms with Crippen LogP contribution in [-0.2, 0) is 16.1 Å². The highest BCUT2D eigenvalue weighted by molar-refractivity contribution is 5.78. The van der Waals surface area contributed by atoms with Crippen LogP contribution in [0.2, 0.25) is 0 Å². The molecular weight excluding hydrogens is 266 g/mol. The van der Waals surface area contributed by atoms with Gasteiger partial charge in [-0.15, -0.1) is 0 Å². The van der Waals surface area contributed by atoms with Crippen molar-refractivity contribution in [2.45, 2.75) is 25.8 Å².